The van der Waals surface area contributed by atoms with Crippen molar-refractivity contribution in [2.24, 2.45) is 5.73 Å². The van der Waals surface area contributed by atoms with Gasteiger partial charge in [0.05, 0.1) is 0 Å². The van der Waals surface area contributed by atoms with Gasteiger partial charge in [0.25, 0.3) is 0 Å². The first-order chi connectivity index (χ1) is 9.31. The lowest BCUT2D eigenvalue weighted by Gasteiger charge is -2.04. The number of rotatable bonds is 5. The van der Waals surface area contributed by atoms with Crippen molar-refractivity contribution in [3.05, 3.63) is 77.4 Å². The lowest BCUT2D eigenvalue weighted by molar-refractivity contribution is 0.104. The molecule has 2 rings (SSSR count). The second kappa shape index (κ2) is 6.66. The molecule has 0 amide bonds. The van der Waals surface area contributed by atoms with E-state index in [1.54, 1.807) is 6.08 Å². The number of hydrogen-bond donors (Lipinski definition) is 1. The number of hydrogen-bond acceptors (Lipinski definition) is 2. The summed E-state index contributed by atoms with van der Waals surface area (Å²) >= 11 is 0. The van der Waals surface area contributed by atoms with Gasteiger partial charge < -0.3 is 5.73 Å². The van der Waals surface area contributed by atoms with E-state index in [1.165, 1.54) is 0 Å². The van der Waals surface area contributed by atoms with Gasteiger partial charge in [0.2, 0.25) is 0 Å². The van der Waals surface area contributed by atoms with Crippen molar-refractivity contribution in [2.45, 2.75) is 6.42 Å². The van der Waals surface area contributed by atoms with Crippen LogP contribution in [0.5, 0.6) is 0 Å². The van der Waals surface area contributed by atoms with Crippen molar-refractivity contribution < 1.29 is 4.79 Å². The Morgan fingerprint density at radius 2 is 1.68 bits per heavy atom. The van der Waals surface area contributed by atoms with Gasteiger partial charge in [-0.3, -0.25) is 4.79 Å². The van der Waals surface area contributed by atoms with Gasteiger partial charge in [-0.2, -0.15) is 0 Å². The zero-order valence-electron chi connectivity index (χ0n) is 10.8. The lowest BCUT2D eigenvalue weighted by Crippen LogP contribution is -2.07. The van der Waals surface area contributed by atoms with Crippen LogP contribution in [0.2, 0.25) is 0 Å². The molecule has 0 aliphatic rings. The van der Waals surface area contributed by atoms with Gasteiger partial charge in [-0.25, -0.2) is 0 Å². The molecule has 2 heteroatoms. The molecule has 0 radical (unpaired) electrons. The van der Waals surface area contributed by atoms with Crippen LogP contribution in [0.3, 0.4) is 0 Å². The molecule has 0 saturated heterocycles. The maximum absolute atomic E-state index is 12.2. The molecular weight excluding hydrogens is 234 g/mol. The zero-order valence-corrected chi connectivity index (χ0v) is 10.8. The molecule has 2 nitrogen and oxygen atoms in total. The monoisotopic (exact) mass is 251 g/mol. The van der Waals surface area contributed by atoms with Crippen molar-refractivity contribution in [1.29, 1.82) is 0 Å². The van der Waals surface area contributed by atoms with Gasteiger partial charge in [0.1, 0.15) is 0 Å². The molecule has 0 fully saturated rings. The van der Waals surface area contributed by atoms with E-state index in [0.29, 0.717) is 6.54 Å². The number of ketones is 1. The Morgan fingerprint density at radius 3 is 2.42 bits per heavy atom. The van der Waals surface area contributed by atoms with E-state index in [1.807, 2.05) is 60.7 Å². The predicted molar refractivity (Wildman–Crippen MR) is 79.0 cm³/mol. The van der Waals surface area contributed by atoms with Gasteiger partial charge in [0.15, 0.2) is 5.78 Å². The maximum atomic E-state index is 12.2. The minimum Gasteiger partial charge on any atom is -0.330 e. The second-order valence-electron chi connectivity index (χ2n) is 4.30. The minimum atomic E-state index is 0.0212. The van der Waals surface area contributed by atoms with Crippen molar-refractivity contribution in [1.82, 2.24) is 0 Å². The highest BCUT2D eigenvalue weighted by Gasteiger charge is 2.06. The Balaban J connectivity index is 2.18. The van der Waals surface area contributed by atoms with Crippen molar-refractivity contribution in [3.63, 3.8) is 0 Å². The molecule has 0 heterocycles. The topological polar surface area (TPSA) is 43.1 Å². The van der Waals surface area contributed by atoms with Crippen LogP contribution in [0.25, 0.3) is 6.08 Å². The van der Waals surface area contributed by atoms with Gasteiger partial charge in [-0.1, -0.05) is 60.7 Å². The first-order valence-electron chi connectivity index (χ1n) is 6.36. The normalized spacial score (nSPS) is 10.8. The number of benzene rings is 2. The van der Waals surface area contributed by atoms with E-state index in [-0.39, 0.29) is 5.78 Å². The van der Waals surface area contributed by atoms with E-state index in [2.05, 4.69) is 0 Å². The van der Waals surface area contributed by atoms with Gasteiger partial charge in [0, 0.05) is 5.56 Å². The summed E-state index contributed by atoms with van der Waals surface area (Å²) in [6, 6.07) is 17.4. The molecule has 0 bridgehead atoms. The average molecular weight is 251 g/mol. The number of carbonyl (C=O) groups is 1. The first kappa shape index (κ1) is 13.2. The van der Waals surface area contributed by atoms with E-state index in [0.717, 1.165) is 23.1 Å². The molecule has 0 saturated carbocycles. The Morgan fingerprint density at radius 1 is 1.00 bits per heavy atom. The van der Waals surface area contributed by atoms with Gasteiger partial charge in [-0.15, -0.1) is 0 Å². The molecule has 19 heavy (non-hydrogen) atoms. The van der Waals surface area contributed by atoms with Crippen LogP contribution in [0.4, 0.5) is 0 Å². The summed E-state index contributed by atoms with van der Waals surface area (Å²) in [5, 5.41) is 0. The first-order valence-corrected chi connectivity index (χ1v) is 6.36. The molecular formula is C17H17NO. The predicted octanol–water partition coefficient (Wildman–Crippen LogP) is 3.08. The summed E-state index contributed by atoms with van der Waals surface area (Å²) < 4.78 is 0. The third-order valence-corrected chi connectivity index (χ3v) is 2.92. The van der Waals surface area contributed by atoms with E-state index in [9.17, 15) is 4.79 Å². The highest BCUT2D eigenvalue weighted by molar-refractivity contribution is 6.07. The number of allylic oxidation sites excluding steroid dienone is 1. The molecule has 0 unspecified atom stereocenters. The second-order valence-corrected chi connectivity index (χ2v) is 4.30. The Kier molecular flexibility index (Phi) is 4.65. The van der Waals surface area contributed by atoms with Crippen LogP contribution >= 0.6 is 0 Å². The highest BCUT2D eigenvalue weighted by Crippen LogP contribution is 2.12. The molecule has 96 valence electrons. The van der Waals surface area contributed by atoms with Crippen LogP contribution in [0, 0.1) is 0 Å². The van der Waals surface area contributed by atoms with Crippen LogP contribution in [-0.4, -0.2) is 12.3 Å². The summed E-state index contributed by atoms with van der Waals surface area (Å²) in [6.07, 6.45) is 4.17. The van der Waals surface area contributed by atoms with Crippen molar-refractivity contribution >= 4 is 11.9 Å². The van der Waals surface area contributed by atoms with E-state index < -0.39 is 0 Å². The van der Waals surface area contributed by atoms with Crippen LogP contribution in [0.1, 0.15) is 21.5 Å². The summed E-state index contributed by atoms with van der Waals surface area (Å²) in [7, 11) is 0. The summed E-state index contributed by atoms with van der Waals surface area (Å²) in [5.41, 5.74) is 8.33. The number of carbonyl (C=O) groups excluding carboxylic acids is 1. The van der Waals surface area contributed by atoms with Crippen molar-refractivity contribution in [3.8, 4) is 0 Å². The van der Waals surface area contributed by atoms with Crippen LogP contribution in [-0.2, 0) is 6.42 Å². The summed E-state index contributed by atoms with van der Waals surface area (Å²) in [5.74, 6) is 0.0212. The smallest absolute Gasteiger partial charge is 0.186 e. The third kappa shape index (κ3) is 3.63. The Bertz CT molecular complexity index is 573. The van der Waals surface area contributed by atoms with Crippen molar-refractivity contribution in [2.75, 3.05) is 6.54 Å². The Labute approximate surface area is 113 Å². The molecule has 2 aromatic carbocycles. The fraction of sp³-hybridized carbons (Fsp3) is 0.118. The molecule has 0 aromatic heterocycles. The molecule has 0 aliphatic heterocycles. The van der Waals surface area contributed by atoms with Crippen LogP contribution < -0.4 is 5.73 Å². The quantitative estimate of drug-likeness (QED) is 0.655. The Hall–Kier alpha value is -2.19. The summed E-state index contributed by atoms with van der Waals surface area (Å²) in [6.45, 7) is 0.548. The summed E-state index contributed by atoms with van der Waals surface area (Å²) in [4.78, 5) is 12.2. The molecule has 0 aliphatic carbocycles. The third-order valence-electron chi connectivity index (χ3n) is 2.92. The largest absolute Gasteiger partial charge is 0.330 e. The number of nitrogens with two attached hydrogens (primary N) is 1. The maximum Gasteiger partial charge on any atom is 0.186 e. The fourth-order valence-corrected chi connectivity index (χ4v) is 1.96. The van der Waals surface area contributed by atoms with E-state index in [4.69, 9.17) is 5.73 Å². The van der Waals surface area contributed by atoms with Crippen LogP contribution in [0.15, 0.2) is 60.7 Å². The lowest BCUT2D eigenvalue weighted by atomic mass is 10.0. The molecule has 2 aromatic rings. The van der Waals surface area contributed by atoms with E-state index >= 15 is 0 Å². The van der Waals surface area contributed by atoms with Gasteiger partial charge in [-0.05, 0) is 30.2 Å². The standard InChI is InChI=1S/C17H17NO/c18-13-12-15-8-4-5-9-16(15)17(19)11-10-14-6-2-1-3-7-14/h1-11H,12-13,18H2. The zero-order chi connectivity index (χ0) is 13.5. The van der Waals surface area contributed by atoms with Gasteiger partial charge >= 0.3 is 0 Å². The molecule has 0 spiro atoms. The molecule has 2 N–H and O–H groups in total. The minimum absolute atomic E-state index is 0.0212. The fourth-order valence-electron chi connectivity index (χ4n) is 1.96. The highest BCUT2D eigenvalue weighted by atomic mass is 16.1. The average Bonchev–Trinajstić information content (AvgIpc) is 2.47. The molecule has 0 atom stereocenters. The SMILES string of the molecule is NCCc1ccccc1C(=O)C=Cc1ccccc1.